The molecule has 32 heavy (non-hydrogen) atoms. The number of allylic oxidation sites excluding steroid dienone is 2. The van der Waals surface area contributed by atoms with Crippen LogP contribution in [0.3, 0.4) is 0 Å². The first-order chi connectivity index (χ1) is 15.3. The lowest BCUT2D eigenvalue weighted by molar-refractivity contribution is -0.112. The molecular formula is C23H33FN6O2. The predicted octanol–water partition coefficient (Wildman–Crippen LogP) is 2.97. The standard InChI is InChI=1S/C23H33FN6O2/c1-16(24)13-18(14-17(2)30-11-9-29(3)10-12-30)22(31)27-20-15-25-28-21(20)23(32)26-19-7-5-4-6-8-19/h13-15,19H,2,4-12H2,1,3H3,(H,25,28)(H,26,32)(H,27,31)/b16-13+,18-14+. The Morgan fingerprint density at radius 3 is 2.53 bits per heavy atom. The molecule has 0 unspecified atom stereocenters. The first-order valence-corrected chi connectivity index (χ1v) is 11.2. The Bertz CT molecular complexity index is 888. The highest BCUT2D eigenvalue weighted by atomic mass is 19.1. The zero-order valence-corrected chi connectivity index (χ0v) is 18.9. The van der Waals surface area contributed by atoms with Crippen molar-refractivity contribution in [3.63, 3.8) is 0 Å². The first kappa shape index (κ1) is 23.7. The van der Waals surface area contributed by atoms with Crippen molar-refractivity contribution in [2.75, 3.05) is 38.5 Å². The average Bonchev–Trinajstić information content (AvgIpc) is 3.22. The molecule has 3 N–H and O–H groups in total. The van der Waals surface area contributed by atoms with Crippen LogP contribution in [0.1, 0.15) is 49.5 Å². The van der Waals surface area contributed by atoms with Crippen molar-refractivity contribution in [1.29, 1.82) is 0 Å². The van der Waals surface area contributed by atoms with Crippen LogP contribution in [0.25, 0.3) is 0 Å². The third-order valence-electron chi connectivity index (χ3n) is 5.89. The van der Waals surface area contributed by atoms with Crippen LogP contribution in [0.4, 0.5) is 10.1 Å². The second-order valence-corrected chi connectivity index (χ2v) is 8.52. The number of hydrogen-bond donors (Lipinski definition) is 3. The van der Waals surface area contributed by atoms with E-state index in [1.165, 1.54) is 25.6 Å². The largest absolute Gasteiger partial charge is 0.369 e. The van der Waals surface area contributed by atoms with Crippen molar-refractivity contribution in [2.45, 2.75) is 45.1 Å². The van der Waals surface area contributed by atoms with Crippen LogP contribution in [0.15, 0.2) is 42.0 Å². The molecule has 1 aromatic rings. The molecule has 2 heterocycles. The third kappa shape index (κ3) is 6.53. The third-order valence-corrected chi connectivity index (χ3v) is 5.89. The normalized spacial score (nSPS) is 19.0. The van der Waals surface area contributed by atoms with Crippen molar-refractivity contribution >= 4 is 17.5 Å². The highest BCUT2D eigenvalue weighted by Gasteiger charge is 2.22. The van der Waals surface area contributed by atoms with Crippen LogP contribution in [0.2, 0.25) is 0 Å². The molecule has 0 aromatic carbocycles. The summed E-state index contributed by atoms with van der Waals surface area (Å²) in [6, 6.07) is 0.121. The van der Waals surface area contributed by atoms with Gasteiger partial charge in [-0.15, -0.1) is 0 Å². The second-order valence-electron chi connectivity index (χ2n) is 8.52. The summed E-state index contributed by atoms with van der Waals surface area (Å²) in [5.41, 5.74) is 1.13. The van der Waals surface area contributed by atoms with E-state index >= 15 is 0 Å². The van der Waals surface area contributed by atoms with Crippen LogP contribution in [-0.4, -0.2) is 71.1 Å². The molecule has 2 amide bonds. The Morgan fingerprint density at radius 2 is 1.88 bits per heavy atom. The number of nitrogens with one attached hydrogen (secondary N) is 3. The molecule has 1 saturated carbocycles. The van der Waals surface area contributed by atoms with Crippen molar-refractivity contribution in [2.24, 2.45) is 0 Å². The smallest absolute Gasteiger partial charge is 0.274 e. The van der Waals surface area contributed by atoms with Gasteiger partial charge in [-0.1, -0.05) is 25.8 Å². The number of halogens is 1. The summed E-state index contributed by atoms with van der Waals surface area (Å²) in [7, 11) is 2.05. The van der Waals surface area contributed by atoms with Crippen LogP contribution in [-0.2, 0) is 4.79 Å². The van der Waals surface area contributed by atoms with Gasteiger partial charge in [0, 0.05) is 49.7 Å². The van der Waals surface area contributed by atoms with Crippen LogP contribution in [0.5, 0.6) is 0 Å². The number of likely N-dealkylation sites (N-methyl/N-ethyl adjacent to an activating group) is 1. The summed E-state index contributed by atoms with van der Waals surface area (Å²) in [6.07, 6.45) is 9.45. The minimum Gasteiger partial charge on any atom is -0.369 e. The second kappa shape index (κ2) is 11.1. The summed E-state index contributed by atoms with van der Waals surface area (Å²) in [4.78, 5) is 29.9. The van der Waals surface area contributed by atoms with E-state index < -0.39 is 11.7 Å². The van der Waals surface area contributed by atoms with Gasteiger partial charge in [-0.05, 0) is 39.0 Å². The van der Waals surface area contributed by atoms with Crippen LogP contribution >= 0.6 is 0 Å². The number of piperazine rings is 1. The Hall–Kier alpha value is -2.94. The predicted molar refractivity (Wildman–Crippen MR) is 123 cm³/mol. The van der Waals surface area contributed by atoms with Gasteiger partial charge in [-0.2, -0.15) is 5.10 Å². The molecule has 1 aromatic heterocycles. The minimum atomic E-state index is -0.537. The SMILES string of the molecule is C=C(/C=C(\C=C(/C)F)C(=O)Nc1c[nH]nc1C(=O)NC1CCCCC1)N1CCN(C)CC1. The van der Waals surface area contributed by atoms with Gasteiger partial charge in [0.2, 0.25) is 0 Å². The molecule has 2 fully saturated rings. The Labute approximate surface area is 188 Å². The summed E-state index contributed by atoms with van der Waals surface area (Å²) < 4.78 is 13.7. The van der Waals surface area contributed by atoms with Crippen LogP contribution < -0.4 is 10.6 Å². The Balaban J connectivity index is 1.70. The lowest BCUT2D eigenvalue weighted by Crippen LogP contribution is -2.43. The van der Waals surface area contributed by atoms with Gasteiger partial charge >= 0.3 is 0 Å². The summed E-state index contributed by atoms with van der Waals surface area (Å²) in [6.45, 7) is 8.68. The van der Waals surface area contributed by atoms with E-state index in [4.69, 9.17) is 0 Å². The van der Waals surface area contributed by atoms with E-state index in [0.29, 0.717) is 5.70 Å². The highest BCUT2D eigenvalue weighted by Crippen LogP contribution is 2.20. The van der Waals surface area contributed by atoms with Gasteiger partial charge < -0.3 is 20.4 Å². The molecule has 0 atom stereocenters. The number of carbonyl (C=O) groups excluding carboxylic acids is 2. The van der Waals surface area contributed by atoms with Crippen molar-refractivity contribution in [3.8, 4) is 0 Å². The zero-order chi connectivity index (χ0) is 23.1. The molecule has 8 nitrogen and oxygen atoms in total. The Kier molecular flexibility index (Phi) is 8.21. The van der Waals surface area contributed by atoms with Crippen molar-refractivity contribution in [3.05, 3.63) is 47.7 Å². The molecule has 1 saturated heterocycles. The number of amides is 2. The molecular weight excluding hydrogens is 411 g/mol. The molecule has 1 aliphatic heterocycles. The van der Waals surface area contributed by atoms with E-state index in [9.17, 15) is 14.0 Å². The number of aromatic nitrogens is 2. The fourth-order valence-corrected chi connectivity index (χ4v) is 4.00. The van der Waals surface area contributed by atoms with Crippen molar-refractivity contribution < 1.29 is 14.0 Å². The monoisotopic (exact) mass is 444 g/mol. The molecule has 3 rings (SSSR count). The molecule has 9 heteroatoms. The van der Waals surface area contributed by atoms with Gasteiger partial charge in [0.05, 0.1) is 11.5 Å². The lowest BCUT2D eigenvalue weighted by Gasteiger charge is -2.34. The highest BCUT2D eigenvalue weighted by molar-refractivity contribution is 6.09. The molecule has 2 aliphatic rings. The molecule has 1 aliphatic carbocycles. The quantitative estimate of drug-likeness (QED) is 0.444. The van der Waals surface area contributed by atoms with E-state index in [1.807, 2.05) is 0 Å². The summed E-state index contributed by atoms with van der Waals surface area (Å²) >= 11 is 0. The molecule has 174 valence electrons. The van der Waals surface area contributed by atoms with Gasteiger partial charge in [0.15, 0.2) is 5.69 Å². The topological polar surface area (TPSA) is 93.4 Å². The summed E-state index contributed by atoms with van der Waals surface area (Å²) in [5, 5.41) is 12.3. The van der Waals surface area contributed by atoms with Gasteiger partial charge in [-0.3, -0.25) is 14.7 Å². The van der Waals surface area contributed by atoms with E-state index in [1.54, 1.807) is 6.08 Å². The summed E-state index contributed by atoms with van der Waals surface area (Å²) in [5.74, 6) is -1.37. The fourth-order valence-electron chi connectivity index (χ4n) is 4.00. The number of H-pyrrole nitrogens is 1. The number of carbonyl (C=O) groups is 2. The molecule has 0 spiro atoms. The van der Waals surface area contributed by atoms with Gasteiger partial charge in [0.25, 0.3) is 11.8 Å². The fraction of sp³-hybridized carbons (Fsp3) is 0.522. The number of rotatable bonds is 7. The lowest BCUT2D eigenvalue weighted by atomic mass is 9.95. The maximum atomic E-state index is 13.7. The van der Waals surface area contributed by atoms with Crippen molar-refractivity contribution in [1.82, 2.24) is 25.3 Å². The maximum Gasteiger partial charge on any atom is 0.274 e. The van der Waals surface area contributed by atoms with Gasteiger partial charge in [-0.25, -0.2) is 4.39 Å². The number of nitrogens with zero attached hydrogens (tertiary/aromatic N) is 3. The van der Waals surface area contributed by atoms with Gasteiger partial charge in [0.1, 0.15) is 0 Å². The van der Waals surface area contributed by atoms with E-state index in [0.717, 1.165) is 51.9 Å². The zero-order valence-electron chi connectivity index (χ0n) is 18.9. The van der Waals surface area contributed by atoms with E-state index in [-0.39, 0.29) is 28.9 Å². The number of anilines is 1. The maximum absolute atomic E-state index is 13.7. The number of hydrogen-bond acceptors (Lipinski definition) is 5. The van der Waals surface area contributed by atoms with Crippen LogP contribution in [0, 0.1) is 0 Å². The Morgan fingerprint density at radius 1 is 1.19 bits per heavy atom. The average molecular weight is 445 g/mol. The molecule has 0 radical (unpaired) electrons. The number of aromatic amines is 1. The van der Waals surface area contributed by atoms with E-state index in [2.05, 4.69) is 44.3 Å². The molecule has 0 bridgehead atoms. The minimum absolute atomic E-state index is 0.113. The first-order valence-electron chi connectivity index (χ1n) is 11.2.